The van der Waals surface area contributed by atoms with Crippen molar-refractivity contribution in [2.45, 2.75) is 24.5 Å². The molecule has 3 N–H and O–H groups in total. The number of hydrogen-bond donors (Lipinski definition) is 3. The molecule has 4 atom stereocenters. The first kappa shape index (κ1) is 18.1. The largest absolute Gasteiger partial charge is 0.394 e. The van der Waals surface area contributed by atoms with E-state index in [0.29, 0.717) is 5.56 Å². The third kappa shape index (κ3) is 3.48. The van der Waals surface area contributed by atoms with E-state index in [2.05, 4.69) is 15.4 Å². The number of aliphatic hydroxyl groups is 2. The number of anilines is 1. The van der Waals surface area contributed by atoms with E-state index in [1.165, 1.54) is 13.3 Å². The van der Waals surface area contributed by atoms with Crippen molar-refractivity contribution >= 4 is 11.7 Å². The smallest absolute Gasteiger partial charge is 0.368 e. The molecule has 0 radical (unpaired) electrons. The number of aromatic nitrogens is 3. The summed E-state index contributed by atoms with van der Waals surface area (Å²) in [5, 5.41) is 25.7. The second-order valence-electron chi connectivity index (χ2n) is 5.63. The maximum absolute atomic E-state index is 12.3. The van der Waals surface area contributed by atoms with Crippen LogP contribution in [0.25, 0.3) is 0 Å². The van der Waals surface area contributed by atoms with Crippen LogP contribution >= 0.6 is 0 Å². The fourth-order valence-electron chi connectivity index (χ4n) is 2.68. The molecule has 0 spiro atoms. The predicted octanol–water partition coefficient (Wildman–Crippen LogP) is -0.844. The number of aliphatic hydroxyl groups excluding tert-OH is 2. The van der Waals surface area contributed by atoms with Gasteiger partial charge in [-0.3, -0.25) is 4.79 Å². The first-order valence-electron chi connectivity index (χ1n) is 7.84. The van der Waals surface area contributed by atoms with Crippen LogP contribution in [0.4, 0.5) is 5.82 Å². The lowest BCUT2D eigenvalue weighted by molar-refractivity contribution is -0.0695. The van der Waals surface area contributed by atoms with Crippen LogP contribution in [0.1, 0.15) is 16.6 Å². The molecule has 0 saturated carbocycles. The third-order valence-corrected chi connectivity index (χ3v) is 4.00. The van der Waals surface area contributed by atoms with Crippen molar-refractivity contribution in [2.24, 2.45) is 0 Å². The van der Waals surface area contributed by atoms with Crippen molar-refractivity contribution in [3.8, 4) is 0 Å². The van der Waals surface area contributed by atoms with Gasteiger partial charge in [0.05, 0.1) is 12.8 Å². The van der Waals surface area contributed by atoms with E-state index in [4.69, 9.17) is 9.47 Å². The average Bonchev–Trinajstić information content (AvgIpc) is 2.98. The molecule has 2 heterocycles. The standard InChI is InChI=1S/C16H18N4O6/c1-25-13-12(22)10(8-21)26-15(13)20-16(24)19-11(7-17-20)18-14(23)9-5-3-2-4-6-9/h2-7,10,12-13,15,21-22H,8H2,1H3,(H,18,19,23,24)/t10-,12-,13-,15?/m1/s1. The second kappa shape index (κ2) is 7.70. The Labute approximate surface area is 148 Å². The molecule has 1 amide bonds. The summed E-state index contributed by atoms with van der Waals surface area (Å²) in [4.78, 5) is 28.1. The van der Waals surface area contributed by atoms with Crippen LogP contribution in [-0.2, 0) is 9.47 Å². The van der Waals surface area contributed by atoms with Gasteiger partial charge in [-0.2, -0.15) is 14.8 Å². The first-order chi connectivity index (χ1) is 12.5. The quantitative estimate of drug-likeness (QED) is 0.626. The molecule has 1 unspecified atom stereocenters. The van der Waals surface area contributed by atoms with E-state index in [1.54, 1.807) is 30.3 Å². The summed E-state index contributed by atoms with van der Waals surface area (Å²) in [6, 6.07) is 8.44. The van der Waals surface area contributed by atoms with E-state index >= 15 is 0 Å². The minimum absolute atomic E-state index is 0.0219. The van der Waals surface area contributed by atoms with Gasteiger partial charge in [0.15, 0.2) is 12.0 Å². The van der Waals surface area contributed by atoms with E-state index < -0.39 is 42.7 Å². The normalized spacial score (nSPS) is 25.2. The minimum atomic E-state index is -1.12. The summed E-state index contributed by atoms with van der Waals surface area (Å²) in [7, 11) is 1.34. The summed E-state index contributed by atoms with van der Waals surface area (Å²) in [5.74, 6) is -0.453. The monoisotopic (exact) mass is 362 g/mol. The number of methoxy groups -OCH3 is 1. The SMILES string of the molecule is CO[C@H]1C(n2ncc(NC(=O)c3ccccc3)nc2=O)O[C@H](CO)[C@H]1O. The number of benzene rings is 1. The minimum Gasteiger partial charge on any atom is -0.394 e. The number of nitrogens with one attached hydrogen (secondary N) is 1. The Kier molecular flexibility index (Phi) is 5.38. The highest BCUT2D eigenvalue weighted by molar-refractivity contribution is 6.03. The summed E-state index contributed by atoms with van der Waals surface area (Å²) in [5.41, 5.74) is -0.389. The Balaban J connectivity index is 1.80. The average molecular weight is 362 g/mol. The van der Waals surface area contributed by atoms with Crippen LogP contribution in [0.3, 0.4) is 0 Å². The van der Waals surface area contributed by atoms with Crippen LogP contribution in [0.5, 0.6) is 0 Å². The lowest BCUT2D eigenvalue weighted by Crippen LogP contribution is -2.38. The van der Waals surface area contributed by atoms with Crippen LogP contribution in [0, 0.1) is 0 Å². The highest BCUT2D eigenvalue weighted by Crippen LogP contribution is 2.29. The van der Waals surface area contributed by atoms with E-state index in [9.17, 15) is 19.8 Å². The topological polar surface area (TPSA) is 136 Å². The fourth-order valence-corrected chi connectivity index (χ4v) is 2.68. The van der Waals surface area contributed by atoms with Crippen LogP contribution in [0.15, 0.2) is 41.3 Å². The molecule has 2 aromatic rings. The molecule has 138 valence electrons. The molecule has 0 aliphatic carbocycles. The highest BCUT2D eigenvalue weighted by Gasteiger charge is 2.45. The zero-order chi connectivity index (χ0) is 18.7. The van der Waals surface area contributed by atoms with Gasteiger partial charge in [0.1, 0.15) is 18.3 Å². The third-order valence-electron chi connectivity index (χ3n) is 4.00. The number of nitrogens with zero attached hydrogens (tertiary/aromatic N) is 3. The molecule has 1 aromatic heterocycles. The van der Waals surface area contributed by atoms with Gasteiger partial charge in [-0.1, -0.05) is 18.2 Å². The van der Waals surface area contributed by atoms with E-state index in [-0.39, 0.29) is 5.82 Å². The maximum atomic E-state index is 12.3. The maximum Gasteiger partial charge on any atom is 0.368 e. The highest BCUT2D eigenvalue weighted by atomic mass is 16.6. The lowest BCUT2D eigenvalue weighted by Gasteiger charge is -2.19. The van der Waals surface area contributed by atoms with Crippen molar-refractivity contribution in [1.82, 2.24) is 14.8 Å². The number of amides is 1. The van der Waals surface area contributed by atoms with Gasteiger partial charge < -0.3 is 25.0 Å². The first-order valence-corrected chi connectivity index (χ1v) is 7.84. The lowest BCUT2D eigenvalue weighted by atomic mass is 10.1. The number of ether oxygens (including phenoxy) is 2. The van der Waals surface area contributed by atoms with Crippen LogP contribution in [0.2, 0.25) is 0 Å². The second-order valence-corrected chi connectivity index (χ2v) is 5.63. The summed E-state index contributed by atoms with van der Waals surface area (Å²) < 4.78 is 11.5. The molecule has 1 aromatic carbocycles. The van der Waals surface area contributed by atoms with Crippen molar-refractivity contribution < 1.29 is 24.5 Å². The summed E-state index contributed by atoms with van der Waals surface area (Å²) >= 11 is 0. The molecule has 1 aliphatic rings. The van der Waals surface area contributed by atoms with Gasteiger partial charge in [-0.25, -0.2) is 4.79 Å². The predicted molar refractivity (Wildman–Crippen MR) is 88.5 cm³/mol. The van der Waals surface area contributed by atoms with Crippen molar-refractivity contribution in [1.29, 1.82) is 0 Å². The van der Waals surface area contributed by atoms with Crippen LogP contribution in [-0.4, -0.2) is 62.9 Å². The van der Waals surface area contributed by atoms with Crippen molar-refractivity contribution in [3.63, 3.8) is 0 Å². The molecular weight excluding hydrogens is 344 g/mol. The van der Waals surface area contributed by atoms with Crippen molar-refractivity contribution in [3.05, 3.63) is 52.6 Å². The Morgan fingerprint density at radius 3 is 2.73 bits per heavy atom. The van der Waals surface area contributed by atoms with Gasteiger partial charge in [0, 0.05) is 12.7 Å². The van der Waals surface area contributed by atoms with Gasteiger partial charge in [-0.05, 0) is 12.1 Å². The van der Waals surface area contributed by atoms with Gasteiger partial charge in [-0.15, -0.1) is 0 Å². The molecule has 1 fully saturated rings. The molecule has 26 heavy (non-hydrogen) atoms. The molecule has 1 saturated heterocycles. The Morgan fingerprint density at radius 2 is 2.12 bits per heavy atom. The number of carbonyl (C=O) groups is 1. The van der Waals surface area contributed by atoms with Crippen LogP contribution < -0.4 is 11.0 Å². The summed E-state index contributed by atoms with van der Waals surface area (Å²) in [6.45, 7) is -0.440. The van der Waals surface area contributed by atoms with Gasteiger partial charge in [0.2, 0.25) is 0 Å². The Bertz CT molecular complexity index is 827. The number of hydrogen-bond acceptors (Lipinski definition) is 8. The molecule has 10 heteroatoms. The molecular formula is C16H18N4O6. The van der Waals surface area contributed by atoms with E-state index in [1.807, 2.05) is 0 Å². The fraction of sp³-hybridized carbons (Fsp3) is 0.375. The number of carbonyl (C=O) groups excluding carboxylic acids is 1. The number of rotatable bonds is 5. The molecule has 1 aliphatic heterocycles. The Hall–Kier alpha value is -2.66. The van der Waals surface area contributed by atoms with Gasteiger partial charge >= 0.3 is 5.69 Å². The summed E-state index contributed by atoms with van der Waals surface area (Å²) in [6.07, 6.45) is -2.79. The zero-order valence-electron chi connectivity index (χ0n) is 13.8. The Morgan fingerprint density at radius 1 is 1.38 bits per heavy atom. The molecule has 3 rings (SSSR count). The molecule has 0 bridgehead atoms. The van der Waals surface area contributed by atoms with E-state index in [0.717, 1.165) is 4.68 Å². The van der Waals surface area contributed by atoms with Crippen molar-refractivity contribution in [2.75, 3.05) is 19.0 Å². The van der Waals surface area contributed by atoms with Gasteiger partial charge in [0.25, 0.3) is 5.91 Å². The zero-order valence-corrected chi connectivity index (χ0v) is 13.8. The molecule has 10 nitrogen and oxygen atoms in total.